The number of benzene rings is 2. The summed E-state index contributed by atoms with van der Waals surface area (Å²) in [5.74, 6) is -0.154. The van der Waals surface area contributed by atoms with Crippen molar-refractivity contribution in [3.63, 3.8) is 0 Å². The summed E-state index contributed by atoms with van der Waals surface area (Å²) in [5, 5.41) is 10.9. The van der Waals surface area contributed by atoms with Crippen LogP contribution in [0.3, 0.4) is 0 Å². The van der Waals surface area contributed by atoms with Gasteiger partial charge in [-0.3, -0.25) is 9.69 Å². The molecular weight excluding hydrogens is 302 g/mol. The molecule has 2 unspecified atom stereocenters. The highest BCUT2D eigenvalue weighted by Gasteiger charge is 2.56. The first-order valence-corrected chi connectivity index (χ1v) is 8.14. The minimum atomic E-state index is -1.05. The largest absolute Gasteiger partial charge is 0.370 e. The first-order chi connectivity index (χ1) is 11.3. The van der Waals surface area contributed by atoms with Crippen LogP contribution in [0.4, 0.5) is 0 Å². The average molecular weight is 325 g/mol. The van der Waals surface area contributed by atoms with Gasteiger partial charge in [0, 0.05) is 0 Å². The lowest BCUT2D eigenvalue weighted by atomic mass is 9.94. The van der Waals surface area contributed by atoms with Crippen LogP contribution < -0.4 is 0 Å². The SMILES string of the molecule is CC1(c2ccccc2)OC(C)(C)N(C(=O)Cc2ccccc2)C1O. The topological polar surface area (TPSA) is 49.8 Å². The average Bonchev–Trinajstić information content (AvgIpc) is 2.75. The fourth-order valence-electron chi connectivity index (χ4n) is 3.43. The molecule has 0 saturated carbocycles. The van der Waals surface area contributed by atoms with E-state index in [9.17, 15) is 9.90 Å². The molecule has 0 aliphatic carbocycles. The second-order valence-electron chi connectivity index (χ2n) is 6.82. The molecule has 4 heteroatoms. The van der Waals surface area contributed by atoms with Crippen molar-refractivity contribution < 1.29 is 14.6 Å². The predicted octanol–water partition coefficient (Wildman–Crippen LogP) is 3.06. The summed E-state index contributed by atoms with van der Waals surface area (Å²) < 4.78 is 6.16. The van der Waals surface area contributed by atoms with Crippen molar-refractivity contribution in [3.8, 4) is 0 Å². The maximum Gasteiger partial charge on any atom is 0.231 e. The second-order valence-corrected chi connectivity index (χ2v) is 6.82. The molecule has 0 bridgehead atoms. The van der Waals surface area contributed by atoms with E-state index >= 15 is 0 Å². The van der Waals surface area contributed by atoms with Crippen LogP contribution in [-0.2, 0) is 21.6 Å². The lowest BCUT2D eigenvalue weighted by molar-refractivity contribution is -0.152. The van der Waals surface area contributed by atoms with Gasteiger partial charge in [0.1, 0.15) is 11.3 Å². The van der Waals surface area contributed by atoms with E-state index in [4.69, 9.17) is 4.74 Å². The van der Waals surface area contributed by atoms with Crippen molar-refractivity contribution in [2.45, 2.75) is 44.7 Å². The predicted molar refractivity (Wildman–Crippen MR) is 92.0 cm³/mol. The van der Waals surface area contributed by atoms with E-state index in [1.54, 1.807) is 0 Å². The Morgan fingerprint density at radius 1 is 1.04 bits per heavy atom. The van der Waals surface area contributed by atoms with Crippen molar-refractivity contribution in [1.82, 2.24) is 4.90 Å². The third kappa shape index (κ3) is 2.83. The Balaban J connectivity index is 1.89. The first-order valence-electron chi connectivity index (χ1n) is 8.14. The first kappa shape index (κ1) is 16.7. The number of amides is 1. The zero-order chi connectivity index (χ0) is 17.4. The van der Waals surface area contributed by atoms with Gasteiger partial charge in [0.2, 0.25) is 5.91 Å². The van der Waals surface area contributed by atoms with Gasteiger partial charge in [0.25, 0.3) is 0 Å². The van der Waals surface area contributed by atoms with Crippen molar-refractivity contribution in [1.29, 1.82) is 0 Å². The van der Waals surface area contributed by atoms with Crippen LogP contribution in [0.15, 0.2) is 60.7 Å². The van der Waals surface area contributed by atoms with E-state index in [0.29, 0.717) is 0 Å². The van der Waals surface area contributed by atoms with Gasteiger partial charge < -0.3 is 9.84 Å². The number of rotatable bonds is 3. The molecule has 1 heterocycles. The van der Waals surface area contributed by atoms with Gasteiger partial charge in [-0.15, -0.1) is 0 Å². The highest BCUT2D eigenvalue weighted by Crippen LogP contribution is 2.44. The Kier molecular flexibility index (Phi) is 4.20. The summed E-state index contributed by atoms with van der Waals surface area (Å²) >= 11 is 0. The molecule has 1 N–H and O–H groups in total. The molecule has 126 valence electrons. The van der Waals surface area contributed by atoms with Crippen molar-refractivity contribution in [2.24, 2.45) is 0 Å². The lowest BCUT2D eigenvalue weighted by Gasteiger charge is -2.31. The van der Waals surface area contributed by atoms with Gasteiger partial charge in [-0.1, -0.05) is 60.7 Å². The molecular formula is C20H23NO3. The summed E-state index contributed by atoms with van der Waals surface area (Å²) in [7, 11) is 0. The monoisotopic (exact) mass is 325 g/mol. The van der Waals surface area contributed by atoms with Crippen molar-refractivity contribution in [2.75, 3.05) is 0 Å². The Morgan fingerprint density at radius 2 is 1.58 bits per heavy atom. The molecule has 3 rings (SSSR count). The third-order valence-corrected chi connectivity index (χ3v) is 4.59. The van der Waals surface area contributed by atoms with E-state index in [1.165, 1.54) is 4.90 Å². The smallest absolute Gasteiger partial charge is 0.231 e. The number of nitrogens with zero attached hydrogens (tertiary/aromatic N) is 1. The number of hydrogen-bond acceptors (Lipinski definition) is 3. The quantitative estimate of drug-likeness (QED) is 0.943. The standard InChI is InChI=1S/C20H23NO3/c1-19(2)21(17(22)14-15-10-6-4-7-11-15)18(23)20(3,24-19)16-12-8-5-9-13-16/h4-13,18,23H,14H2,1-3H3. The van der Waals surface area contributed by atoms with Gasteiger partial charge in [-0.25, -0.2) is 0 Å². The molecule has 4 nitrogen and oxygen atoms in total. The zero-order valence-corrected chi connectivity index (χ0v) is 14.3. The highest BCUT2D eigenvalue weighted by molar-refractivity contribution is 5.80. The molecule has 2 aromatic rings. The van der Waals surface area contributed by atoms with Crippen LogP contribution in [-0.4, -0.2) is 27.9 Å². The normalized spacial score (nSPS) is 25.7. The maximum atomic E-state index is 12.8. The third-order valence-electron chi connectivity index (χ3n) is 4.59. The minimum absolute atomic E-state index is 0.154. The zero-order valence-electron chi connectivity index (χ0n) is 14.3. The number of hydrogen-bond donors (Lipinski definition) is 1. The molecule has 1 aliphatic heterocycles. The number of ether oxygens (including phenoxy) is 1. The fourth-order valence-corrected chi connectivity index (χ4v) is 3.43. The molecule has 2 atom stereocenters. The van der Waals surface area contributed by atoms with Crippen LogP contribution >= 0.6 is 0 Å². The highest BCUT2D eigenvalue weighted by atomic mass is 16.6. The van der Waals surface area contributed by atoms with E-state index in [1.807, 2.05) is 81.4 Å². The number of aliphatic hydroxyl groups excluding tert-OH is 1. The number of carbonyl (C=O) groups excluding carboxylic acids is 1. The Hall–Kier alpha value is -2.17. The van der Waals surface area contributed by atoms with Crippen LogP contribution in [0.1, 0.15) is 31.9 Å². The molecule has 1 saturated heterocycles. The Morgan fingerprint density at radius 3 is 2.17 bits per heavy atom. The summed E-state index contributed by atoms with van der Waals surface area (Å²) in [6.07, 6.45) is -0.818. The second kappa shape index (κ2) is 6.04. The van der Waals surface area contributed by atoms with Crippen LogP contribution in [0.25, 0.3) is 0 Å². The molecule has 1 fully saturated rings. The molecule has 1 aliphatic rings. The van der Waals surface area contributed by atoms with E-state index in [2.05, 4.69) is 0 Å². The van der Waals surface area contributed by atoms with Crippen LogP contribution in [0.2, 0.25) is 0 Å². The van der Waals surface area contributed by atoms with Gasteiger partial charge in [-0.05, 0) is 31.9 Å². The molecule has 0 aromatic heterocycles. The van der Waals surface area contributed by atoms with Crippen molar-refractivity contribution >= 4 is 5.91 Å². The Labute approximate surface area is 142 Å². The van der Waals surface area contributed by atoms with Crippen LogP contribution in [0, 0.1) is 0 Å². The summed E-state index contributed by atoms with van der Waals surface area (Å²) in [6, 6.07) is 19.1. The summed E-state index contributed by atoms with van der Waals surface area (Å²) in [4.78, 5) is 14.3. The van der Waals surface area contributed by atoms with E-state index in [0.717, 1.165) is 11.1 Å². The van der Waals surface area contributed by atoms with Gasteiger partial charge in [0.05, 0.1) is 6.42 Å². The maximum absolute atomic E-state index is 12.8. The summed E-state index contributed by atoms with van der Waals surface area (Å²) in [5.41, 5.74) is -0.0909. The molecule has 0 radical (unpaired) electrons. The molecule has 1 amide bonds. The molecule has 0 spiro atoms. The van der Waals surface area contributed by atoms with Crippen molar-refractivity contribution in [3.05, 3.63) is 71.8 Å². The molecule has 2 aromatic carbocycles. The minimum Gasteiger partial charge on any atom is -0.370 e. The van der Waals surface area contributed by atoms with E-state index < -0.39 is 17.6 Å². The Bertz CT molecular complexity index is 714. The van der Waals surface area contributed by atoms with Gasteiger partial charge >= 0.3 is 0 Å². The fraction of sp³-hybridized carbons (Fsp3) is 0.350. The number of aliphatic hydroxyl groups is 1. The van der Waals surface area contributed by atoms with E-state index in [-0.39, 0.29) is 12.3 Å². The lowest BCUT2D eigenvalue weighted by Crippen LogP contribution is -2.49. The van der Waals surface area contributed by atoms with Gasteiger partial charge in [0.15, 0.2) is 6.23 Å². The molecule has 24 heavy (non-hydrogen) atoms. The summed E-state index contributed by atoms with van der Waals surface area (Å²) in [6.45, 7) is 5.45. The number of carbonyl (C=O) groups is 1. The van der Waals surface area contributed by atoms with Gasteiger partial charge in [-0.2, -0.15) is 0 Å². The van der Waals surface area contributed by atoms with Crippen LogP contribution in [0.5, 0.6) is 0 Å².